The van der Waals surface area contributed by atoms with Crippen LogP contribution in [0.15, 0.2) is 24.8 Å². The molecule has 0 unspecified atom stereocenters. The van der Waals surface area contributed by atoms with Gasteiger partial charge >= 0.3 is 0 Å². The lowest BCUT2D eigenvalue weighted by Gasteiger charge is -2.20. The number of hydrogen-bond acceptors (Lipinski definition) is 4. The van der Waals surface area contributed by atoms with Gasteiger partial charge < -0.3 is 9.88 Å². The third-order valence-electron chi connectivity index (χ3n) is 4.74. The number of aryl methyl sites for hydroxylation is 2. The van der Waals surface area contributed by atoms with Gasteiger partial charge in [0.15, 0.2) is 5.65 Å². The summed E-state index contributed by atoms with van der Waals surface area (Å²) in [6.07, 6.45) is 6.31. The second-order valence-electron chi connectivity index (χ2n) is 8.53. The molecule has 0 saturated heterocycles. The first kappa shape index (κ1) is 20.0. The predicted molar refractivity (Wildman–Crippen MR) is 111 cm³/mol. The van der Waals surface area contributed by atoms with E-state index < -0.39 is 0 Å². The van der Waals surface area contributed by atoms with Gasteiger partial charge in [0.1, 0.15) is 0 Å². The van der Waals surface area contributed by atoms with Gasteiger partial charge in [-0.05, 0) is 46.1 Å². The molecule has 0 aliphatic rings. The third-order valence-corrected chi connectivity index (χ3v) is 4.74. The molecular weight excluding hydrogens is 352 g/mol. The van der Waals surface area contributed by atoms with Gasteiger partial charge in [-0.1, -0.05) is 13.8 Å². The van der Waals surface area contributed by atoms with Crippen LogP contribution < -0.4 is 5.32 Å². The molecule has 0 spiro atoms. The van der Waals surface area contributed by atoms with E-state index in [1.54, 1.807) is 12.5 Å². The van der Waals surface area contributed by atoms with Gasteiger partial charge in [0.2, 0.25) is 0 Å². The lowest BCUT2D eigenvalue weighted by molar-refractivity contribution is 0.0954. The Balaban J connectivity index is 1.90. The molecule has 3 aromatic heterocycles. The van der Waals surface area contributed by atoms with Gasteiger partial charge in [-0.3, -0.25) is 4.79 Å². The highest BCUT2D eigenvalue weighted by Gasteiger charge is 2.25. The number of carbonyl (C=O) groups excluding carboxylic acids is 1. The predicted octanol–water partition coefficient (Wildman–Crippen LogP) is 3.63. The number of hydrogen-bond donors (Lipinski definition) is 1. The maximum atomic E-state index is 13.0. The van der Waals surface area contributed by atoms with E-state index in [0.29, 0.717) is 12.1 Å². The molecule has 1 amide bonds. The largest absolute Gasteiger partial charge is 0.352 e. The molecule has 3 aromatic rings. The van der Waals surface area contributed by atoms with Gasteiger partial charge in [-0.15, -0.1) is 0 Å². The SMILES string of the molecule is Cc1nn(C(C)(C)C)c2nc(C(C)C)cc(C(=O)NCCCn3ccnc3)c12. The lowest BCUT2D eigenvalue weighted by Crippen LogP contribution is -2.26. The number of nitrogens with one attached hydrogen (secondary N) is 1. The minimum absolute atomic E-state index is 0.0727. The Morgan fingerprint density at radius 3 is 2.64 bits per heavy atom. The summed E-state index contributed by atoms with van der Waals surface area (Å²) < 4.78 is 3.94. The summed E-state index contributed by atoms with van der Waals surface area (Å²) in [6, 6.07) is 1.92. The first-order valence-electron chi connectivity index (χ1n) is 9.83. The van der Waals surface area contributed by atoms with Gasteiger partial charge in [-0.25, -0.2) is 14.6 Å². The molecule has 0 aromatic carbocycles. The molecule has 0 aliphatic heterocycles. The van der Waals surface area contributed by atoms with Crippen LogP contribution in [0.25, 0.3) is 11.0 Å². The second-order valence-corrected chi connectivity index (χ2v) is 8.53. The summed E-state index contributed by atoms with van der Waals surface area (Å²) in [5.41, 5.74) is 2.95. The van der Waals surface area contributed by atoms with E-state index in [1.165, 1.54) is 0 Å². The molecule has 0 radical (unpaired) electrons. The first-order chi connectivity index (χ1) is 13.2. The molecule has 28 heavy (non-hydrogen) atoms. The first-order valence-corrected chi connectivity index (χ1v) is 9.83. The summed E-state index contributed by atoms with van der Waals surface area (Å²) in [4.78, 5) is 21.9. The van der Waals surface area contributed by atoms with Crippen molar-refractivity contribution in [2.45, 2.75) is 66.0 Å². The summed E-state index contributed by atoms with van der Waals surface area (Å²) in [5.74, 6) is 0.150. The molecule has 0 fully saturated rings. The van der Waals surface area contributed by atoms with Crippen molar-refractivity contribution in [3.8, 4) is 0 Å². The molecule has 0 saturated carbocycles. The van der Waals surface area contributed by atoms with Crippen molar-refractivity contribution < 1.29 is 4.79 Å². The number of fused-ring (bicyclic) bond motifs is 1. The van der Waals surface area contributed by atoms with Crippen LogP contribution in [0.1, 0.15) is 68.7 Å². The van der Waals surface area contributed by atoms with Crippen LogP contribution in [-0.2, 0) is 12.1 Å². The van der Waals surface area contributed by atoms with Crippen molar-refractivity contribution in [1.82, 2.24) is 29.6 Å². The molecular formula is C21H30N6O. The molecule has 0 bridgehead atoms. The molecule has 3 heterocycles. The number of rotatable bonds is 6. The highest BCUT2D eigenvalue weighted by Crippen LogP contribution is 2.28. The van der Waals surface area contributed by atoms with E-state index in [9.17, 15) is 4.79 Å². The standard InChI is InChI=1S/C21H30N6O/c1-14(2)17-12-16(20(28)23-8-7-10-26-11-9-22-13-26)18-15(3)25-27(19(18)24-17)21(4,5)6/h9,11-14H,7-8,10H2,1-6H3,(H,23,28). The van der Waals surface area contributed by atoms with Crippen LogP contribution in [-0.4, -0.2) is 36.8 Å². The second kappa shape index (κ2) is 7.73. The minimum Gasteiger partial charge on any atom is -0.352 e. The average Bonchev–Trinajstić information content (AvgIpc) is 3.25. The Hall–Kier alpha value is -2.70. The maximum absolute atomic E-state index is 13.0. The monoisotopic (exact) mass is 382 g/mol. The lowest BCUT2D eigenvalue weighted by atomic mass is 10.0. The summed E-state index contributed by atoms with van der Waals surface area (Å²) >= 11 is 0. The Kier molecular flexibility index (Phi) is 5.54. The smallest absolute Gasteiger partial charge is 0.252 e. The number of carbonyl (C=O) groups is 1. The summed E-state index contributed by atoms with van der Waals surface area (Å²) in [6.45, 7) is 13.8. The van der Waals surface area contributed by atoms with Crippen LogP contribution in [0.5, 0.6) is 0 Å². The summed E-state index contributed by atoms with van der Waals surface area (Å²) in [7, 11) is 0. The Labute approximate surface area is 166 Å². The van der Waals surface area contributed by atoms with Crippen molar-refractivity contribution in [2.75, 3.05) is 6.54 Å². The van der Waals surface area contributed by atoms with E-state index in [0.717, 1.165) is 35.4 Å². The highest BCUT2D eigenvalue weighted by molar-refractivity contribution is 6.06. The van der Waals surface area contributed by atoms with Crippen LogP contribution in [0.4, 0.5) is 0 Å². The fourth-order valence-corrected chi connectivity index (χ4v) is 3.23. The molecule has 7 heteroatoms. The van der Waals surface area contributed by atoms with Crippen molar-refractivity contribution in [3.05, 3.63) is 41.7 Å². The third kappa shape index (κ3) is 4.08. The van der Waals surface area contributed by atoms with Crippen molar-refractivity contribution in [3.63, 3.8) is 0 Å². The van der Waals surface area contributed by atoms with Crippen LogP contribution >= 0.6 is 0 Å². The number of imidazole rings is 1. The molecule has 0 aliphatic carbocycles. The average molecular weight is 383 g/mol. The molecule has 150 valence electrons. The van der Waals surface area contributed by atoms with Crippen LogP contribution in [0, 0.1) is 6.92 Å². The zero-order valence-corrected chi connectivity index (χ0v) is 17.7. The van der Waals surface area contributed by atoms with Crippen LogP contribution in [0.3, 0.4) is 0 Å². The van der Waals surface area contributed by atoms with Gasteiger partial charge in [0, 0.05) is 31.2 Å². The van der Waals surface area contributed by atoms with Gasteiger partial charge in [-0.2, -0.15) is 5.10 Å². The Bertz CT molecular complexity index is 963. The topological polar surface area (TPSA) is 77.6 Å². The number of aromatic nitrogens is 5. The number of pyridine rings is 1. The Morgan fingerprint density at radius 1 is 1.29 bits per heavy atom. The zero-order valence-electron chi connectivity index (χ0n) is 17.7. The quantitative estimate of drug-likeness (QED) is 0.660. The molecule has 7 nitrogen and oxygen atoms in total. The number of nitrogens with zero attached hydrogens (tertiary/aromatic N) is 5. The Morgan fingerprint density at radius 2 is 2.04 bits per heavy atom. The zero-order chi connectivity index (χ0) is 20.5. The number of amides is 1. The van der Waals surface area contributed by atoms with E-state index in [2.05, 4.69) is 44.9 Å². The van der Waals surface area contributed by atoms with Crippen molar-refractivity contribution in [1.29, 1.82) is 0 Å². The van der Waals surface area contributed by atoms with Crippen molar-refractivity contribution >= 4 is 16.9 Å². The molecule has 3 rings (SSSR count). The maximum Gasteiger partial charge on any atom is 0.252 e. The normalized spacial score (nSPS) is 12.1. The van der Waals surface area contributed by atoms with Crippen molar-refractivity contribution in [2.24, 2.45) is 0 Å². The fourth-order valence-electron chi connectivity index (χ4n) is 3.23. The van der Waals surface area contributed by atoms with E-state index in [-0.39, 0.29) is 17.4 Å². The summed E-state index contributed by atoms with van der Waals surface area (Å²) in [5, 5.41) is 8.60. The molecule has 0 atom stereocenters. The van der Waals surface area contributed by atoms with E-state index in [4.69, 9.17) is 10.1 Å². The minimum atomic E-state index is -0.215. The molecule has 1 N–H and O–H groups in total. The fraction of sp³-hybridized carbons (Fsp3) is 0.524. The van der Waals surface area contributed by atoms with Gasteiger partial charge in [0.05, 0.1) is 28.5 Å². The highest BCUT2D eigenvalue weighted by atomic mass is 16.1. The van der Waals surface area contributed by atoms with E-state index >= 15 is 0 Å². The van der Waals surface area contributed by atoms with E-state index in [1.807, 2.05) is 28.4 Å². The van der Waals surface area contributed by atoms with Gasteiger partial charge in [0.25, 0.3) is 5.91 Å². The van der Waals surface area contributed by atoms with Crippen LogP contribution in [0.2, 0.25) is 0 Å².